The van der Waals surface area contributed by atoms with Crippen molar-refractivity contribution in [1.82, 2.24) is 9.88 Å². The van der Waals surface area contributed by atoms with Crippen molar-refractivity contribution >= 4 is 11.7 Å². The Balaban J connectivity index is 1.93. The van der Waals surface area contributed by atoms with E-state index in [1.54, 1.807) is 6.20 Å². The average Bonchev–Trinajstić information content (AvgIpc) is 2.62. The van der Waals surface area contributed by atoms with Gasteiger partial charge in [-0.05, 0) is 37.5 Å². The van der Waals surface area contributed by atoms with Gasteiger partial charge in [-0.1, -0.05) is 24.3 Å². The van der Waals surface area contributed by atoms with E-state index in [1.807, 2.05) is 48.3 Å². The summed E-state index contributed by atoms with van der Waals surface area (Å²) in [6, 6.07) is 13.6. The Morgan fingerprint density at radius 3 is 2.77 bits per heavy atom. The number of rotatable bonds is 3. The summed E-state index contributed by atoms with van der Waals surface area (Å²) < 4.78 is 0. The van der Waals surface area contributed by atoms with Crippen LogP contribution in [0.4, 0.5) is 5.82 Å². The molecule has 0 spiro atoms. The van der Waals surface area contributed by atoms with Gasteiger partial charge in [-0.2, -0.15) is 0 Å². The van der Waals surface area contributed by atoms with E-state index in [0.717, 1.165) is 42.8 Å². The third-order valence-corrected chi connectivity index (χ3v) is 4.22. The van der Waals surface area contributed by atoms with Gasteiger partial charge in [0.25, 0.3) is 5.91 Å². The lowest BCUT2D eigenvalue weighted by atomic mass is 9.94. The molecule has 1 N–H and O–H groups in total. The maximum atomic E-state index is 12.9. The number of piperidine rings is 1. The highest BCUT2D eigenvalue weighted by Gasteiger charge is 2.30. The number of hydrogen-bond acceptors (Lipinski definition) is 3. The van der Waals surface area contributed by atoms with Crippen molar-refractivity contribution in [3.05, 3.63) is 59.8 Å². The fourth-order valence-electron chi connectivity index (χ4n) is 3.14. The summed E-state index contributed by atoms with van der Waals surface area (Å²) in [4.78, 5) is 19.3. The summed E-state index contributed by atoms with van der Waals surface area (Å²) in [5.74, 6) is 0.969. The van der Waals surface area contributed by atoms with E-state index < -0.39 is 0 Å². The van der Waals surface area contributed by atoms with E-state index in [-0.39, 0.29) is 11.9 Å². The summed E-state index contributed by atoms with van der Waals surface area (Å²) in [6.45, 7) is 0.802. The summed E-state index contributed by atoms with van der Waals surface area (Å²) in [5, 5.41) is 3.14. The smallest absolute Gasteiger partial charge is 0.254 e. The Kier molecular flexibility index (Phi) is 4.37. The number of hydrogen-bond donors (Lipinski definition) is 1. The number of carbonyl (C=O) groups excluding carboxylic acids is 1. The average molecular weight is 295 g/mol. The van der Waals surface area contributed by atoms with Crippen molar-refractivity contribution in [1.29, 1.82) is 0 Å². The lowest BCUT2D eigenvalue weighted by molar-refractivity contribution is 0.0612. The van der Waals surface area contributed by atoms with Crippen LogP contribution in [0, 0.1) is 0 Å². The van der Waals surface area contributed by atoms with Gasteiger partial charge in [0.1, 0.15) is 5.82 Å². The molecule has 1 fully saturated rings. The van der Waals surface area contributed by atoms with Gasteiger partial charge in [-0.15, -0.1) is 0 Å². The van der Waals surface area contributed by atoms with Crippen molar-refractivity contribution < 1.29 is 4.79 Å². The molecule has 4 nitrogen and oxygen atoms in total. The number of pyridine rings is 1. The predicted octanol–water partition coefficient (Wildman–Crippen LogP) is 3.49. The Hall–Kier alpha value is -2.36. The van der Waals surface area contributed by atoms with Crippen LogP contribution < -0.4 is 5.32 Å². The van der Waals surface area contributed by atoms with E-state index in [9.17, 15) is 4.79 Å². The minimum atomic E-state index is 0.0950. The van der Waals surface area contributed by atoms with Crippen LogP contribution in [0.15, 0.2) is 48.7 Å². The second-order valence-corrected chi connectivity index (χ2v) is 5.57. The lowest BCUT2D eigenvalue weighted by Gasteiger charge is -2.36. The highest BCUT2D eigenvalue weighted by atomic mass is 16.2. The minimum Gasteiger partial charge on any atom is -0.373 e. The molecule has 22 heavy (non-hydrogen) atoms. The first-order chi connectivity index (χ1) is 10.8. The molecule has 3 rings (SSSR count). The van der Waals surface area contributed by atoms with Crippen molar-refractivity contribution in [2.75, 3.05) is 18.9 Å². The molecule has 4 heteroatoms. The normalized spacial score (nSPS) is 18.0. The van der Waals surface area contributed by atoms with Crippen LogP contribution in [0.2, 0.25) is 0 Å². The zero-order valence-electron chi connectivity index (χ0n) is 12.8. The molecule has 0 unspecified atom stereocenters. The first-order valence-electron chi connectivity index (χ1n) is 7.80. The van der Waals surface area contributed by atoms with Gasteiger partial charge < -0.3 is 10.2 Å². The molecule has 1 aromatic heterocycles. The molecule has 2 aromatic rings. The maximum Gasteiger partial charge on any atom is 0.254 e. The molecule has 1 aromatic carbocycles. The topological polar surface area (TPSA) is 45.2 Å². The Morgan fingerprint density at radius 2 is 2.00 bits per heavy atom. The van der Waals surface area contributed by atoms with E-state index in [0.29, 0.717) is 0 Å². The maximum absolute atomic E-state index is 12.9. The number of likely N-dealkylation sites (tertiary alicyclic amines) is 1. The van der Waals surface area contributed by atoms with E-state index in [2.05, 4.69) is 16.4 Å². The fourth-order valence-corrected chi connectivity index (χ4v) is 3.14. The molecule has 1 aliphatic rings. The number of nitrogens with one attached hydrogen (secondary N) is 1. The molecule has 0 aliphatic carbocycles. The zero-order chi connectivity index (χ0) is 15.4. The van der Waals surface area contributed by atoms with Crippen LogP contribution in [-0.4, -0.2) is 29.4 Å². The molecule has 2 heterocycles. The third kappa shape index (κ3) is 2.82. The van der Waals surface area contributed by atoms with Gasteiger partial charge in [0, 0.05) is 30.9 Å². The van der Waals surface area contributed by atoms with Crippen LogP contribution in [0.5, 0.6) is 0 Å². The monoisotopic (exact) mass is 295 g/mol. The summed E-state index contributed by atoms with van der Waals surface area (Å²) in [5.41, 5.74) is 1.86. The Labute approximate surface area is 131 Å². The van der Waals surface area contributed by atoms with Crippen molar-refractivity contribution in [3.8, 4) is 0 Å². The summed E-state index contributed by atoms with van der Waals surface area (Å²) in [7, 11) is 1.87. The standard InChI is InChI=1S/C18H21N3O/c1-19-17-15(10-7-12-20-17)16-11-5-6-13-21(16)18(22)14-8-3-2-4-9-14/h2-4,7-10,12,16H,5-6,11,13H2,1H3,(H,19,20)/t16-/m0/s1. The van der Waals surface area contributed by atoms with Gasteiger partial charge in [0.2, 0.25) is 0 Å². The molecule has 1 amide bonds. The number of amides is 1. The van der Waals surface area contributed by atoms with Gasteiger partial charge in [-0.25, -0.2) is 4.98 Å². The largest absolute Gasteiger partial charge is 0.373 e. The first kappa shape index (κ1) is 14.6. The van der Waals surface area contributed by atoms with Gasteiger partial charge in [0.05, 0.1) is 6.04 Å². The molecular weight excluding hydrogens is 274 g/mol. The molecule has 0 bridgehead atoms. The van der Waals surface area contributed by atoms with Crippen molar-refractivity contribution in [2.24, 2.45) is 0 Å². The van der Waals surface area contributed by atoms with E-state index >= 15 is 0 Å². The number of aromatic nitrogens is 1. The number of benzene rings is 1. The van der Waals surface area contributed by atoms with E-state index in [4.69, 9.17) is 0 Å². The van der Waals surface area contributed by atoms with Crippen LogP contribution >= 0.6 is 0 Å². The lowest BCUT2D eigenvalue weighted by Crippen LogP contribution is -2.38. The molecular formula is C18H21N3O. The zero-order valence-corrected chi connectivity index (χ0v) is 12.8. The quantitative estimate of drug-likeness (QED) is 0.942. The Bertz CT molecular complexity index is 642. The number of nitrogens with zero attached hydrogens (tertiary/aromatic N) is 2. The molecule has 1 saturated heterocycles. The molecule has 114 valence electrons. The molecule has 1 aliphatic heterocycles. The molecule has 0 radical (unpaired) electrons. The number of carbonyl (C=O) groups is 1. The SMILES string of the molecule is CNc1ncccc1[C@@H]1CCCCN1C(=O)c1ccccc1. The highest BCUT2D eigenvalue weighted by Crippen LogP contribution is 2.34. The van der Waals surface area contributed by atoms with Gasteiger partial charge in [-0.3, -0.25) is 4.79 Å². The van der Waals surface area contributed by atoms with Gasteiger partial charge >= 0.3 is 0 Å². The number of anilines is 1. The highest BCUT2D eigenvalue weighted by molar-refractivity contribution is 5.94. The fraction of sp³-hybridized carbons (Fsp3) is 0.333. The van der Waals surface area contributed by atoms with Crippen LogP contribution in [0.1, 0.15) is 41.2 Å². The second kappa shape index (κ2) is 6.60. The van der Waals surface area contributed by atoms with Gasteiger partial charge in [0.15, 0.2) is 0 Å². The second-order valence-electron chi connectivity index (χ2n) is 5.57. The van der Waals surface area contributed by atoms with E-state index in [1.165, 1.54) is 0 Å². The third-order valence-electron chi connectivity index (χ3n) is 4.22. The molecule has 0 saturated carbocycles. The van der Waals surface area contributed by atoms with Crippen molar-refractivity contribution in [3.63, 3.8) is 0 Å². The first-order valence-corrected chi connectivity index (χ1v) is 7.80. The van der Waals surface area contributed by atoms with Crippen LogP contribution in [0.3, 0.4) is 0 Å². The Morgan fingerprint density at radius 1 is 1.18 bits per heavy atom. The summed E-state index contributed by atoms with van der Waals surface area (Å²) >= 11 is 0. The minimum absolute atomic E-state index is 0.0950. The predicted molar refractivity (Wildman–Crippen MR) is 87.9 cm³/mol. The van der Waals surface area contributed by atoms with Crippen LogP contribution in [-0.2, 0) is 0 Å². The summed E-state index contributed by atoms with van der Waals surface area (Å²) in [6.07, 6.45) is 4.96. The van der Waals surface area contributed by atoms with Crippen LogP contribution in [0.25, 0.3) is 0 Å². The molecule has 1 atom stereocenters. The van der Waals surface area contributed by atoms with Crippen molar-refractivity contribution in [2.45, 2.75) is 25.3 Å².